The number of carbonyl (C=O) groups is 2. The van der Waals surface area contributed by atoms with Crippen molar-refractivity contribution in [2.75, 3.05) is 23.8 Å². The standard InChI is InChI=1S/C26H26FN5O4/c1-3-35-23-16-21(29-26(34)17-9-11-18(27)12-10-17)24(36-4-2)15-20(23)28-25(33)13-14-32-22-8-6-5-7-19(22)30-31-32/h5-12,15-16H,3-4,13-14H2,1-2H3,(H,28,33)(H,29,34). The Labute approximate surface area is 207 Å². The minimum atomic E-state index is -0.435. The fourth-order valence-corrected chi connectivity index (χ4v) is 3.60. The van der Waals surface area contributed by atoms with Crippen molar-refractivity contribution in [3.63, 3.8) is 0 Å². The van der Waals surface area contributed by atoms with Gasteiger partial charge in [0, 0.05) is 24.1 Å². The molecular formula is C26H26FN5O4. The summed E-state index contributed by atoms with van der Waals surface area (Å²) in [6.07, 6.45) is 0.159. The van der Waals surface area contributed by atoms with Crippen LogP contribution in [0, 0.1) is 5.82 Å². The van der Waals surface area contributed by atoms with E-state index in [9.17, 15) is 14.0 Å². The van der Waals surface area contributed by atoms with Crippen LogP contribution in [0.5, 0.6) is 11.5 Å². The number of aryl methyl sites for hydroxylation is 1. The highest BCUT2D eigenvalue weighted by molar-refractivity contribution is 6.05. The lowest BCUT2D eigenvalue weighted by Crippen LogP contribution is -2.17. The average molecular weight is 492 g/mol. The summed E-state index contributed by atoms with van der Waals surface area (Å²) in [5.41, 5.74) is 2.67. The molecule has 36 heavy (non-hydrogen) atoms. The maximum atomic E-state index is 13.2. The highest BCUT2D eigenvalue weighted by Crippen LogP contribution is 2.37. The highest BCUT2D eigenvalue weighted by Gasteiger charge is 2.17. The summed E-state index contributed by atoms with van der Waals surface area (Å²) < 4.78 is 26.3. The molecule has 0 aliphatic rings. The summed E-state index contributed by atoms with van der Waals surface area (Å²) in [4.78, 5) is 25.5. The number of nitrogens with zero attached hydrogens (tertiary/aromatic N) is 3. The number of hydrogen-bond acceptors (Lipinski definition) is 6. The molecule has 0 aliphatic heterocycles. The Morgan fingerprint density at radius 1 is 0.917 bits per heavy atom. The first kappa shape index (κ1) is 24.6. The number of hydrogen-bond donors (Lipinski definition) is 2. The van der Waals surface area contributed by atoms with E-state index in [0.717, 1.165) is 11.0 Å². The SMILES string of the molecule is CCOc1cc(NC(=O)c2ccc(F)cc2)c(OCC)cc1NC(=O)CCn1nnc2ccccc21. The van der Waals surface area contributed by atoms with Gasteiger partial charge in [-0.15, -0.1) is 5.10 Å². The van der Waals surface area contributed by atoms with Gasteiger partial charge in [-0.25, -0.2) is 9.07 Å². The number of aromatic nitrogens is 3. The summed E-state index contributed by atoms with van der Waals surface area (Å²) in [6, 6.07) is 15.9. The number of carbonyl (C=O) groups excluding carboxylic acids is 2. The molecule has 2 amide bonds. The summed E-state index contributed by atoms with van der Waals surface area (Å²) in [6.45, 7) is 4.64. The van der Waals surface area contributed by atoms with Crippen molar-refractivity contribution in [2.24, 2.45) is 0 Å². The molecule has 1 heterocycles. The molecule has 0 saturated carbocycles. The summed E-state index contributed by atoms with van der Waals surface area (Å²) in [5.74, 6) is -0.391. The second-order valence-electron chi connectivity index (χ2n) is 7.77. The van der Waals surface area contributed by atoms with Crippen LogP contribution in [-0.4, -0.2) is 40.0 Å². The van der Waals surface area contributed by atoms with E-state index < -0.39 is 11.7 Å². The molecule has 186 valence electrons. The van der Waals surface area contributed by atoms with E-state index in [0.29, 0.717) is 42.6 Å². The quantitative estimate of drug-likeness (QED) is 0.334. The minimum Gasteiger partial charge on any atom is -0.492 e. The number of rotatable bonds is 10. The number of nitrogens with one attached hydrogen (secondary N) is 2. The lowest BCUT2D eigenvalue weighted by Gasteiger charge is -2.18. The maximum Gasteiger partial charge on any atom is 0.255 e. The molecule has 10 heteroatoms. The Bertz CT molecular complexity index is 1370. The molecule has 0 atom stereocenters. The largest absolute Gasteiger partial charge is 0.492 e. The molecule has 4 rings (SSSR count). The predicted octanol–water partition coefficient (Wildman–Crippen LogP) is 4.65. The molecule has 0 bridgehead atoms. The molecule has 0 fully saturated rings. The Hall–Kier alpha value is -4.47. The van der Waals surface area contributed by atoms with Crippen molar-refractivity contribution in [3.05, 3.63) is 72.0 Å². The molecule has 0 saturated heterocycles. The number of halogens is 1. The molecule has 0 spiro atoms. The van der Waals surface area contributed by atoms with Gasteiger partial charge in [-0.1, -0.05) is 17.3 Å². The topological polar surface area (TPSA) is 107 Å². The predicted molar refractivity (Wildman–Crippen MR) is 134 cm³/mol. The minimum absolute atomic E-state index is 0.159. The monoisotopic (exact) mass is 491 g/mol. The van der Waals surface area contributed by atoms with E-state index in [2.05, 4.69) is 20.9 Å². The first-order valence-corrected chi connectivity index (χ1v) is 11.6. The first-order chi connectivity index (χ1) is 17.5. The van der Waals surface area contributed by atoms with Gasteiger partial charge in [0.15, 0.2) is 0 Å². The summed E-state index contributed by atoms with van der Waals surface area (Å²) >= 11 is 0. The Morgan fingerprint density at radius 2 is 1.56 bits per heavy atom. The van der Waals surface area contributed by atoms with E-state index in [1.165, 1.54) is 24.3 Å². The van der Waals surface area contributed by atoms with Crippen LogP contribution in [0.3, 0.4) is 0 Å². The van der Waals surface area contributed by atoms with Crippen LogP contribution in [0.2, 0.25) is 0 Å². The van der Waals surface area contributed by atoms with Gasteiger partial charge in [0.25, 0.3) is 5.91 Å². The second kappa shape index (κ2) is 11.3. The van der Waals surface area contributed by atoms with Crippen molar-refractivity contribution < 1.29 is 23.5 Å². The van der Waals surface area contributed by atoms with Crippen LogP contribution in [0.4, 0.5) is 15.8 Å². The Morgan fingerprint density at radius 3 is 2.22 bits per heavy atom. The van der Waals surface area contributed by atoms with Gasteiger partial charge in [-0.3, -0.25) is 9.59 Å². The zero-order chi connectivity index (χ0) is 25.5. The average Bonchev–Trinajstić information content (AvgIpc) is 3.29. The van der Waals surface area contributed by atoms with Crippen molar-refractivity contribution in [1.82, 2.24) is 15.0 Å². The van der Waals surface area contributed by atoms with Gasteiger partial charge < -0.3 is 20.1 Å². The zero-order valence-electron chi connectivity index (χ0n) is 20.0. The Balaban J connectivity index is 1.52. The number of anilines is 2. The van der Waals surface area contributed by atoms with E-state index in [1.807, 2.05) is 38.1 Å². The van der Waals surface area contributed by atoms with Crippen LogP contribution in [-0.2, 0) is 11.3 Å². The third-order valence-electron chi connectivity index (χ3n) is 5.28. The van der Waals surface area contributed by atoms with Gasteiger partial charge >= 0.3 is 0 Å². The lowest BCUT2D eigenvalue weighted by atomic mass is 10.2. The van der Waals surface area contributed by atoms with Gasteiger partial charge in [-0.05, 0) is 50.2 Å². The van der Waals surface area contributed by atoms with Crippen LogP contribution in [0.15, 0.2) is 60.7 Å². The number of para-hydroxylation sites is 1. The van der Waals surface area contributed by atoms with Gasteiger partial charge in [0.05, 0.1) is 36.6 Å². The lowest BCUT2D eigenvalue weighted by molar-refractivity contribution is -0.116. The molecule has 0 aliphatic carbocycles. The zero-order valence-corrected chi connectivity index (χ0v) is 20.0. The van der Waals surface area contributed by atoms with E-state index in [4.69, 9.17) is 9.47 Å². The third kappa shape index (κ3) is 5.77. The maximum absolute atomic E-state index is 13.2. The smallest absolute Gasteiger partial charge is 0.255 e. The van der Waals surface area contributed by atoms with Gasteiger partial charge in [0.1, 0.15) is 22.8 Å². The number of benzene rings is 3. The Kier molecular flexibility index (Phi) is 7.74. The van der Waals surface area contributed by atoms with Gasteiger partial charge in [-0.2, -0.15) is 0 Å². The normalized spacial score (nSPS) is 10.8. The van der Waals surface area contributed by atoms with Crippen LogP contribution >= 0.6 is 0 Å². The van der Waals surface area contributed by atoms with Crippen molar-refractivity contribution >= 4 is 34.2 Å². The molecular weight excluding hydrogens is 465 g/mol. The first-order valence-electron chi connectivity index (χ1n) is 11.6. The van der Waals surface area contributed by atoms with Crippen molar-refractivity contribution in [1.29, 1.82) is 0 Å². The van der Waals surface area contributed by atoms with Gasteiger partial charge in [0.2, 0.25) is 5.91 Å². The number of amides is 2. The molecule has 9 nitrogen and oxygen atoms in total. The van der Waals surface area contributed by atoms with E-state index in [-0.39, 0.29) is 17.9 Å². The molecule has 1 aromatic heterocycles. The molecule has 2 N–H and O–H groups in total. The molecule has 3 aromatic carbocycles. The third-order valence-corrected chi connectivity index (χ3v) is 5.28. The van der Waals surface area contributed by atoms with E-state index >= 15 is 0 Å². The van der Waals surface area contributed by atoms with Crippen LogP contribution in [0.25, 0.3) is 11.0 Å². The molecule has 0 radical (unpaired) electrons. The highest BCUT2D eigenvalue weighted by atomic mass is 19.1. The van der Waals surface area contributed by atoms with Crippen LogP contribution in [0.1, 0.15) is 30.6 Å². The van der Waals surface area contributed by atoms with E-state index in [1.54, 1.807) is 16.8 Å². The summed E-state index contributed by atoms with van der Waals surface area (Å²) in [5, 5.41) is 13.8. The van der Waals surface area contributed by atoms with Crippen molar-refractivity contribution in [2.45, 2.75) is 26.8 Å². The number of fused-ring (bicyclic) bond motifs is 1. The fraction of sp³-hybridized carbons (Fsp3) is 0.231. The fourth-order valence-electron chi connectivity index (χ4n) is 3.60. The second-order valence-corrected chi connectivity index (χ2v) is 7.77. The molecule has 0 unspecified atom stereocenters. The van der Waals surface area contributed by atoms with Crippen LogP contribution < -0.4 is 20.1 Å². The summed E-state index contributed by atoms with van der Waals surface area (Å²) in [7, 11) is 0. The molecule has 4 aromatic rings. The van der Waals surface area contributed by atoms with Crippen molar-refractivity contribution in [3.8, 4) is 11.5 Å². The number of ether oxygens (including phenoxy) is 2.